The van der Waals surface area contributed by atoms with Crippen LogP contribution in [0.15, 0.2) is 17.1 Å². The molecule has 3 rings (SSSR count). The van der Waals surface area contributed by atoms with Crippen molar-refractivity contribution in [2.75, 3.05) is 23.4 Å². The zero-order valence-corrected chi connectivity index (χ0v) is 17.4. The fraction of sp³-hybridized carbons (Fsp3) is 0.333. The Labute approximate surface area is 175 Å². The summed E-state index contributed by atoms with van der Waals surface area (Å²) in [7, 11) is 0. The van der Waals surface area contributed by atoms with Gasteiger partial charge in [0.05, 0.1) is 12.3 Å². The topological polar surface area (TPSA) is 158 Å². The molecule has 1 unspecified atom stereocenters. The van der Waals surface area contributed by atoms with E-state index in [-0.39, 0.29) is 28.9 Å². The van der Waals surface area contributed by atoms with Crippen molar-refractivity contribution in [2.45, 2.75) is 39.7 Å². The number of hydrogen-bond acceptors (Lipinski definition) is 9. The maximum absolute atomic E-state index is 9.48. The largest absolute Gasteiger partial charge is 0.494 e. The summed E-state index contributed by atoms with van der Waals surface area (Å²) in [5.74, 6) is 1.64. The van der Waals surface area contributed by atoms with Gasteiger partial charge in [-0.1, -0.05) is 13.8 Å². The van der Waals surface area contributed by atoms with Gasteiger partial charge in [0.15, 0.2) is 6.19 Å². The number of fused-ring (bicyclic) bond motifs is 1. The summed E-state index contributed by atoms with van der Waals surface area (Å²) in [5, 5.41) is 24.0. The van der Waals surface area contributed by atoms with E-state index in [1.165, 1.54) is 0 Å². The van der Waals surface area contributed by atoms with Crippen molar-refractivity contribution < 1.29 is 4.74 Å². The van der Waals surface area contributed by atoms with Gasteiger partial charge in [-0.05, 0) is 48.6 Å². The number of rotatable bonds is 4. The minimum atomic E-state index is -0.578. The molecule has 2 heterocycles. The van der Waals surface area contributed by atoms with Gasteiger partial charge in [-0.2, -0.15) is 10.5 Å². The standard InChI is InChI=1S/C21H24N8O/c1-5-30-15-6-11(4)13(7-12(15)10(2)3)18-16-17(24)14(8-22)19(25)28-20(16)29-21(27-18)26-9-23/h6-7,10,18H,5H2,1-4H3,(H6,24,25,26,27,28,29). The van der Waals surface area contributed by atoms with Gasteiger partial charge in [0.2, 0.25) is 5.96 Å². The smallest absolute Gasteiger partial charge is 0.211 e. The molecule has 154 valence electrons. The number of guanidine groups is 1. The number of nitriles is 2. The highest BCUT2D eigenvalue weighted by Crippen LogP contribution is 2.43. The molecule has 0 radical (unpaired) electrons. The lowest BCUT2D eigenvalue weighted by molar-refractivity contribution is 0.335. The second-order valence-corrected chi connectivity index (χ2v) is 7.24. The van der Waals surface area contributed by atoms with Gasteiger partial charge in [-0.15, -0.1) is 0 Å². The van der Waals surface area contributed by atoms with Gasteiger partial charge in [-0.25, -0.2) is 9.98 Å². The van der Waals surface area contributed by atoms with Crippen LogP contribution in [0, 0.1) is 29.7 Å². The Morgan fingerprint density at radius 1 is 1.30 bits per heavy atom. The molecule has 0 saturated carbocycles. The van der Waals surface area contributed by atoms with E-state index in [0.717, 1.165) is 22.4 Å². The first kappa shape index (κ1) is 20.7. The Morgan fingerprint density at radius 2 is 2.03 bits per heavy atom. The number of aliphatic imine (C=N–C) groups is 1. The van der Waals surface area contributed by atoms with Crippen LogP contribution in [0.5, 0.6) is 5.75 Å². The first-order valence-electron chi connectivity index (χ1n) is 9.58. The molecule has 1 atom stereocenters. The van der Waals surface area contributed by atoms with Gasteiger partial charge in [0.1, 0.15) is 35.1 Å². The van der Waals surface area contributed by atoms with E-state index in [2.05, 4.69) is 34.5 Å². The Balaban J connectivity index is 2.29. The number of aromatic nitrogens is 1. The first-order chi connectivity index (χ1) is 14.3. The van der Waals surface area contributed by atoms with Crippen LogP contribution >= 0.6 is 0 Å². The Kier molecular flexibility index (Phi) is 5.65. The first-order valence-corrected chi connectivity index (χ1v) is 9.58. The zero-order chi connectivity index (χ0) is 22.0. The lowest BCUT2D eigenvalue weighted by Gasteiger charge is -2.28. The average Bonchev–Trinajstić information content (AvgIpc) is 2.68. The van der Waals surface area contributed by atoms with Crippen molar-refractivity contribution >= 4 is 23.3 Å². The van der Waals surface area contributed by atoms with E-state index < -0.39 is 6.04 Å². The van der Waals surface area contributed by atoms with Crippen LogP contribution in [0.25, 0.3) is 0 Å². The van der Waals surface area contributed by atoms with Crippen molar-refractivity contribution in [3.05, 3.63) is 39.9 Å². The highest BCUT2D eigenvalue weighted by Gasteiger charge is 2.31. The molecule has 1 aliphatic heterocycles. The molecule has 9 heteroatoms. The molecule has 9 nitrogen and oxygen atoms in total. The predicted molar refractivity (Wildman–Crippen MR) is 116 cm³/mol. The number of nitrogen functional groups attached to an aromatic ring is 2. The third-order valence-electron chi connectivity index (χ3n) is 4.97. The summed E-state index contributed by atoms with van der Waals surface area (Å²) in [4.78, 5) is 8.94. The van der Waals surface area contributed by atoms with E-state index in [9.17, 15) is 5.26 Å². The summed E-state index contributed by atoms with van der Waals surface area (Å²) in [6.45, 7) is 8.64. The second kappa shape index (κ2) is 8.18. The number of ether oxygens (including phenoxy) is 1. The van der Waals surface area contributed by atoms with Crippen LogP contribution < -0.4 is 26.8 Å². The Hall–Kier alpha value is -3.98. The molecule has 0 fully saturated rings. The maximum atomic E-state index is 9.48. The van der Waals surface area contributed by atoms with Crippen LogP contribution in [0.2, 0.25) is 0 Å². The van der Waals surface area contributed by atoms with Crippen molar-refractivity contribution in [1.82, 2.24) is 10.3 Å². The van der Waals surface area contributed by atoms with Gasteiger partial charge in [0, 0.05) is 5.56 Å². The van der Waals surface area contributed by atoms with Crippen molar-refractivity contribution in [3.8, 4) is 18.0 Å². The lowest BCUT2D eigenvalue weighted by atomic mass is 9.88. The molecule has 0 spiro atoms. The highest BCUT2D eigenvalue weighted by molar-refractivity contribution is 5.98. The number of benzene rings is 1. The molecule has 0 saturated heterocycles. The summed E-state index contributed by atoms with van der Waals surface area (Å²) in [5.41, 5.74) is 16.0. The second-order valence-electron chi connectivity index (χ2n) is 7.24. The number of pyridine rings is 1. The summed E-state index contributed by atoms with van der Waals surface area (Å²) in [6, 6.07) is 5.46. The Bertz CT molecular complexity index is 1110. The van der Waals surface area contributed by atoms with Gasteiger partial charge < -0.3 is 21.5 Å². The van der Waals surface area contributed by atoms with Crippen molar-refractivity contribution in [3.63, 3.8) is 0 Å². The fourth-order valence-electron chi connectivity index (χ4n) is 3.55. The highest BCUT2D eigenvalue weighted by atomic mass is 16.5. The number of anilines is 3. The van der Waals surface area contributed by atoms with Gasteiger partial charge in [-0.3, -0.25) is 5.32 Å². The maximum Gasteiger partial charge on any atom is 0.211 e. The van der Waals surface area contributed by atoms with Crippen LogP contribution in [-0.4, -0.2) is 17.6 Å². The predicted octanol–water partition coefficient (Wildman–Crippen LogP) is 2.89. The molecule has 1 aromatic heterocycles. The van der Waals surface area contributed by atoms with E-state index in [4.69, 9.17) is 21.5 Å². The number of nitrogens with one attached hydrogen (secondary N) is 2. The molecule has 0 amide bonds. The molecule has 1 aliphatic rings. The lowest BCUT2D eigenvalue weighted by Crippen LogP contribution is -2.33. The summed E-state index contributed by atoms with van der Waals surface area (Å²) >= 11 is 0. The van der Waals surface area contributed by atoms with E-state index in [1.807, 2.05) is 38.2 Å². The van der Waals surface area contributed by atoms with E-state index in [1.54, 1.807) is 0 Å². The van der Waals surface area contributed by atoms with E-state index >= 15 is 0 Å². The van der Waals surface area contributed by atoms with Crippen LogP contribution in [0.3, 0.4) is 0 Å². The van der Waals surface area contributed by atoms with Crippen molar-refractivity contribution in [2.24, 2.45) is 4.99 Å². The summed E-state index contributed by atoms with van der Waals surface area (Å²) < 4.78 is 5.83. The minimum Gasteiger partial charge on any atom is -0.494 e. The molecule has 0 bridgehead atoms. The number of nitrogens with zero attached hydrogens (tertiary/aromatic N) is 4. The number of hydrogen-bond donors (Lipinski definition) is 4. The number of nitrogens with two attached hydrogens (primary N) is 2. The SMILES string of the molecule is CCOc1cc(C)c(C2N=C(NC#N)Nc3nc(N)c(C#N)c(N)c32)cc1C(C)C. The molecule has 0 aliphatic carbocycles. The molecular formula is C21H24N8O. The fourth-order valence-corrected chi connectivity index (χ4v) is 3.55. The molecule has 1 aromatic carbocycles. The van der Waals surface area contributed by atoms with E-state index in [0.29, 0.717) is 18.0 Å². The zero-order valence-electron chi connectivity index (χ0n) is 17.4. The Morgan fingerprint density at radius 3 is 2.63 bits per heavy atom. The summed E-state index contributed by atoms with van der Waals surface area (Å²) in [6.07, 6.45) is 1.86. The van der Waals surface area contributed by atoms with Gasteiger partial charge >= 0.3 is 0 Å². The average molecular weight is 404 g/mol. The minimum absolute atomic E-state index is 0.0180. The van der Waals surface area contributed by atoms with Crippen LogP contribution in [0.4, 0.5) is 17.3 Å². The van der Waals surface area contributed by atoms with Crippen LogP contribution in [0.1, 0.15) is 60.5 Å². The molecule has 6 N–H and O–H groups in total. The number of aryl methyl sites for hydroxylation is 1. The quantitative estimate of drug-likeness (QED) is 0.447. The van der Waals surface area contributed by atoms with Gasteiger partial charge in [0.25, 0.3) is 0 Å². The molecular weight excluding hydrogens is 380 g/mol. The molecule has 30 heavy (non-hydrogen) atoms. The molecule has 2 aromatic rings. The monoisotopic (exact) mass is 404 g/mol. The van der Waals surface area contributed by atoms with Crippen molar-refractivity contribution in [1.29, 1.82) is 10.5 Å². The third-order valence-corrected chi connectivity index (χ3v) is 4.97. The van der Waals surface area contributed by atoms with Crippen LogP contribution in [-0.2, 0) is 0 Å². The third kappa shape index (κ3) is 3.53. The normalized spacial score (nSPS) is 14.8.